The first-order chi connectivity index (χ1) is 12.6. The largest absolute Gasteiger partial charge is 0.490 e. The van der Waals surface area contributed by atoms with Gasteiger partial charge in [0.1, 0.15) is 11.9 Å². The van der Waals surface area contributed by atoms with Crippen molar-refractivity contribution in [2.45, 2.75) is 39.3 Å². The van der Waals surface area contributed by atoms with Gasteiger partial charge in [-0.25, -0.2) is 0 Å². The minimum absolute atomic E-state index is 0.108. The fourth-order valence-electron chi connectivity index (χ4n) is 3.42. The first kappa shape index (κ1) is 16.8. The molecule has 2 aliphatic rings. The summed E-state index contributed by atoms with van der Waals surface area (Å²) in [5.41, 5.74) is 3.77. The summed E-state index contributed by atoms with van der Waals surface area (Å²) in [6.07, 6.45) is 1.98. The van der Waals surface area contributed by atoms with E-state index in [-0.39, 0.29) is 12.0 Å². The van der Waals surface area contributed by atoms with Crippen LogP contribution in [0.25, 0.3) is 0 Å². The van der Waals surface area contributed by atoms with Crippen molar-refractivity contribution >= 4 is 5.91 Å². The molecule has 0 aromatic heterocycles. The third-order valence-electron chi connectivity index (χ3n) is 4.75. The number of benzene rings is 2. The molecule has 5 heteroatoms. The summed E-state index contributed by atoms with van der Waals surface area (Å²) >= 11 is 0. The highest BCUT2D eigenvalue weighted by molar-refractivity contribution is 5.96. The monoisotopic (exact) mass is 353 g/mol. The number of rotatable bonds is 3. The Balaban J connectivity index is 1.47. The van der Waals surface area contributed by atoms with Gasteiger partial charge in [0, 0.05) is 24.9 Å². The van der Waals surface area contributed by atoms with E-state index >= 15 is 0 Å². The van der Waals surface area contributed by atoms with E-state index in [2.05, 4.69) is 18.3 Å². The second-order valence-corrected chi connectivity index (χ2v) is 6.92. The van der Waals surface area contributed by atoms with Crippen molar-refractivity contribution in [1.82, 2.24) is 5.32 Å². The Labute approximate surface area is 153 Å². The molecule has 1 N–H and O–H groups in total. The lowest BCUT2D eigenvalue weighted by Gasteiger charge is -2.13. The van der Waals surface area contributed by atoms with Crippen LogP contribution in [-0.4, -0.2) is 25.2 Å². The molecular weight excluding hydrogens is 330 g/mol. The van der Waals surface area contributed by atoms with Gasteiger partial charge in [0.15, 0.2) is 11.5 Å². The fraction of sp³-hybridized carbons (Fsp3) is 0.381. The second kappa shape index (κ2) is 6.90. The summed E-state index contributed by atoms with van der Waals surface area (Å²) in [5, 5.41) is 3.00. The normalized spacial score (nSPS) is 17.8. The molecule has 136 valence electrons. The summed E-state index contributed by atoms with van der Waals surface area (Å²) in [6.45, 7) is 5.70. The van der Waals surface area contributed by atoms with Gasteiger partial charge in [0.05, 0.1) is 13.2 Å². The summed E-state index contributed by atoms with van der Waals surface area (Å²) in [4.78, 5) is 12.7. The molecule has 2 aliphatic heterocycles. The van der Waals surface area contributed by atoms with E-state index in [1.807, 2.05) is 25.1 Å². The van der Waals surface area contributed by atoms with E-state index in [4.69, 9.17) is 14.2 Å². The molecule has 1 unspecified atom stereocenters. The molecule has 0 bridgehead atoms. The Bertz CT molecular complexity index is 846. The van der Waals surface area contributed by atoms with Crippen LogP contribution in [0, 0.1) is 6.92 Å². The zero-order valence-electron chi connectivity index (χ0n) is 15.1. The van der Waals surface area contributed by atoms with Crippen LogP contribution in [0.5, 0.6) is 17.2 Å². The molecule has 2 aromatic rings. The lowest BCUT2D eigenvalue weighted by molar-refractivity contribution is 0.0950. The van der Waals surface area contributed by atoms with Crippen LogP contribution in [0.4, 0.5) is 0 Å². The van der Waals surface area contributed by atoms with Crippen molar-refractivity contribution in [1.29, 1.82) is 0 Å². The Morgan fingerprint density at radius 1 is 1.12 bits per heavy atom. The number of carbonyl (C=O) groups excluding carboxylic acids is 1. The topological polar surface area (TPSA) is 56.8 Å². The summed E-state index contributed by atoms with van der Waals surface area (Å²) in [6, 6.07) is 9.75. The lowest BCUT2D eigenvalue weighted by atomic mass is 10.1. The number of fused-ring (bicyclic) bond motifs is 2. The van der Waals surface area contributed by atoms with E-state index in [1.54, 1.807) is 6.07 Å². The molecule has 26 heavy (non-hydrogen) atoms. The van der Waals surface area contributed by atoms with Crippen molar-refractivity contribution in [2.75, 3.05) is 13.2 Å². The van der Waals surface area contributed by atoms with E-state index < -0.39 is 0 Å². The van der Waals surface area contributed by atoms with E-state index in [0.29, 0.717) is 36.8 Å². The average Bonchev–Trinajstić information content (AvgIpc) is 2.84. The number of amides is 1. The zero-order chi connectivity index (χ0) is 18.1. The first-order valence-electron chi connectivity index (χ1n) is 9.07. The van der Waals surface area contributed by atoms with Gasteiger partial charge in [-0.3, -0.25) is 4.79 Å². The minimum atomic E-state index is -0.108. The number of carbonyl (C=O) groups is 1. The Kier molecular flexibility index (Phi) is 4.45. The third-order valence-corrected chi connectivity index (χ3v) is 4.75. The van der Waals surface area contributed by atoms with Gasteiger partial charge in [-0.15, -0.1) is 0 Å². The maximum atomic E-state index is 12.7. The Morgan fingerprint density at radius 3 is 2.69 bits per heavy atom. The van der Waals surface area contributed by atoms with Gasteiger partial charge in [-0.1, -0.05) is 12.1 Å². The van der Waals surface area contributed by atoms with Gasteiger partial charge < -0.3 is 19.5 Å². The summed E-state index contributed by atoms with van der Waals surface area (Å²) in [7, 11) is 0. The molecular formula is C21H23NO4. The maximum absolute atomic E-state index is 12.7. The van der Waals surface area contributed by atoms with E-state index in [0.717, 1.165) is 29.7 Å². The SMILES string of the molecule is Cc1cc2c(cc1C(=O)NCc1ccc3c(c1)CC(C)O3)OCCCO2. The minimum Gasteiger partial charge on any atom is -0.490 e. The first-order valence-corrected chi connectivity index (χ1v) is 9.07. The van der Waals surface area contributed by atoms with E-state index in [1.165, 1.54) is 5.56 Å². The fourth-order valence-corrected chi connectivity index (χ4v) is 3.42. The number of ether oxygens (including phenoxy) is 3. The molecule has 0 radical (unpaired) electrons. The lowest BCUT2D eigenvalue weighted by Crippen LogP contribution is -2.23. The summed E-state index contributed by atoms with van der Waals surface area (Å²) < 4.78 is 17.1. The van der Waals surface area contributed by atoms with Crippen LogP contribution in [0.3, 0.4) is 0 Å². The molecule has 0 fully saturated rings. The van der Waals surface area contributed by atoms with Gasteiger partial charge in [-0.05, 0) is 48.7 Å². The zero-order valence-corrected chi connectivity index (χ0v) is 15.1. The van der Waals surface area contributed by atoms with Crippen molar-refractivity contribution in [3.8, 4) is 17.2 Å². The Morgan fingerprint density at radius 2 is 1.88 bits per heavy atom. The van der Waals surface area contributed by atoms with Gasteiger partial charge in [-0.2, -0.15) is 0 Å². The number of aryl methyl sites for hydroxylation is 1. The van der Waals surface area contributed by atoms with Gasteiger partial charge in [0.25, 0.3) is 5.91 Å². The Hall–Kier alpha value is -2.69. The average molecular weight is 353 g/mol. The van der Waals surface area contributed by atoms with Crippen molar-refractivity contribution in [3.63, 3.8) is 0 Å². The maximum Gasteiger partial charge on any atom is 0.251 e. The highest BCUT2D eigenvalue weighted by Gasteiger charge is 2.20. The predicted molar refractivity (Wildman–Crippen MR) is 98.2 cm³/mol. The quantitative estimate of drug-likeness (QED) is 0.919. The van der Waals surface area contributed by atoms with Crippen LogP contribution in [0.15, 0.2) is 30.3 Å². The molecule has 2 heterocycles. The standard InChI is InChI=1S/C21H23NO4/c1-13-8-19-20(25-7-3-6-24-19)11-17(13)21(23)22-12-15-4-5-18-16(10-15)9-14(2)26-18/h4-5,8,10-11,14H,3,6-7,9,12H2,1-2H3,(H,22,23). The highest BCUT2D eigenvalue weighted by Crippen LogP contribution is 2.33. The molecule has 4 rings (SSSR count). The predicted octanol–water partition coefficient (Wildman–Crippen LogP) is 3.41. The molecule has 0 aliphatic carbocycles. The van der Waals surface area contributed by atoms with Crippen LogP contribution in [0.1, 0.15) is 40.4 Å². The molecule has 2 aromatic carbocycles. The van der Waals surface area contributed by atoms with Crippen LogP contribution >= 0.6 is 0 Å². The molecule has 1 atom stereocenters. The van der Waals surface area contributed by atoms with Crippen LogP contribution in [0.2, 0.25) is 0 Å². The molecule has 0 spiro atoms. The third kappa shape index (κ3) is 3.34. The number of hydrogen-bond acceptors (Lipinski definition) is 4. The van der Waals surface area contributed by atoms with Crippen LogP contribution < -0.4 is 19.5 Å². The van der Waals surface area contributed by atoms with Crippen molar-refractivity contribution in [2.24, 2.45) is 0 Å². The second-order valence-electron chi connectivity index (χ2n) is 6.92. The van der Waals surface area contributed by atoms with Crippen LogP contribution in [-0.2, 0) is 13.0 Å². The van der Waals surface area contributed by atoms with E-state index in [9.17, 15) is 4.79 Å². The molecule has 5 nitrogen and oxygen atoms in total. The molecule has 0 saturated carbocycles. The smallest absolute Gasteiger partial charge is 0.251 e. The molecule has 1 amide bonds. The highest BCUT2D eigenvalue weighted by atomic mass is 16.5. The van der Waals surface area contributed by atoms with Gasteiger partial charge in [0.2, 0.25) is 0 Å². The van der Waals surface area contributed by atoms with Crippen molar-refractivity contribution in [3.05, 3.63) is 52.6 Å². The van der Waals surface area contributed by atoms with Crippen molar-refractivity contribution < 1.29 is 19.0 Å². The number of nitrogens with one attached hydrogen (secondary N) is 1. The summed E-state index contributed by atoms with van der Waals surface area (Å²) in [5.74, 6) is 2.20. The molecule has 0 saturated heterocycles. The van der Waals surface area contributed by atoms with Gasteiger partial charge >= 0.3 is 0 Å². The number of hydrogen-bond donors (Lipinski definition) is 1.